The Labute approximate surface area is 171 Å². The standard InChI is InChI=1S/C24H16F2N2O2/c25-17-10-11-20(18(26)14-17)28-23(29)21(16-7-2-1-3-8-16)22(24(28)30)27-13-12-15-6-4-5-9-19(15)27/h1-11,14H,12-13H2. The third-order valence-corrected chi connectivity index (χ3v) is 5.43. The fraction of sp³-hybridized carbons (Fsp3) is 0.0833. The normalized spacial score (nSPS) is 15.9. The minimum Gasteiger partial charge on any atom is -0.336 e. The number of carbonyl (C=O) groups excluding carboxylic acids is 2. The van der Waals surface area contributed by atoms with Crippen molar-refractivity contribution in [2.45, 2.75) is 6.42 Å². The number of hydrogen-bond donors (Lipinski definition) is 0. The Morgan fingerprint density at radius 2 is 1.50 bits per heavy atom. The van der Waals surface area contributed by atoms with E-state index in [1.807, 2.05) is 35.2 Å². The number of hydrogen-bond acceptors (Lipinski definition) is 3. The molecular weight excluding hydrogens is 386 g/mol. The number of halogens is 2. The Balaban J connectivity index is 1.69. The Kier molecular flexibility index (Phi) is 4.20. The molecule has 2 amide bonds. The second kappa shape index (κ2) is 6.91. The molecule has 0 unspecified atom stereocenters. The van der Waals surface area contributed by atoms with Crippen molar-refractivity contribution in [1.29, 1.82) is 0 Å². The molecule has 5 rings (SSSR count). The summed E-state index contributed by atoms with van der Waals surface area (Å²) in [4.78, 5) is 29.5. The van der Waals surface area contributed by atoms with Gasteiger partial charge in [0.2, 0.25) is 0 Å². The van der Waals surface area contributed by atoms with Gasteiger partial charge >= 0.3 is 0 Å². The summed E-state index contributed by atoms with van der Waals surface area (Å²) in [5, 5.41) is 0. The van der Waals surface area contributed by atoms with E-state index in [4.69, 9.17) is 0 Å². The first kappa shape index (κ1) is 18.2. The van der Waals surface area contributed by atoms with Crippen molar-refractivity contribution in [3.05, 3.63) is 101 Å². The maximum absolute atomic E-state index is 14.5. The molecule has 0 fully saturated rings. The van der Waals surface area contributed by atoms with Gasteiger partial charge in [0.05, 0.1) is 11.3 Å². The lowest BCUT2D eigenvalue weighted by Gasteiger charge is -2.22. The first-order chi connectivity index (χ1) is 14.6. The fourth-order valence-corrected chi connectivity index (χ4v) is 4.09. The summed E-state index contributed by atoms with van der Waals surface area (Å²) in [5.74, 6) is -3.00. The second-order valence-electron chi connectivity index (χ2n) is 7.16. The average Bonchev–Trinajstić information content (AvgIpc) is 3.27. The van der Waals surface area contributed by atoms with Crippen LogP contribution in [0, 0.1) is 11.6 Å². The lowest BCUT2D eigenvalue weighted by atomic mass is 10.0. The van der Waals surface area contributed by atoms with Gasteiger partial charge in [0.1, 0.15) is 17.3 Å². The van der Waals surface area contributed by atoms with Gasteiger partial charge in [-0.25, -0.2) is 13.7 Å². The van der Waals surface area contributed by atoms with Crippen LogP contribution in [0.5, 0.6) is 0 Å². The van der Waals surface area contributed by atoms with E-state index in [1.165, 1.54) is 0 Å². The molecule has 4 nitrogen and oxygen atoms in total. The van der Waals surface area contributed by atoms with Gasteiger partial charge in [0.25, 0.3) is 11.8 Å². The molecule has 2 aliphatic heterocycles. The number of para-hydroxylation sites is 1. The van der Waals surface area contributed by atoms with Gasteiger partial charge < -0.3 is 4.90 Å². The molecule has 0 atom stereocenters. The van der Waals surface area contributed by atoms with E-state index in [1.54, 1.807) is 24.3 Å². The number of imide groups is 1. The molecule has 6 heteroatoms. The molecule has 3 aromatic rings. The van der Waals surface area contributed by atoms with Crippen LogP contribution in [0.3, 0.4) is 0 Å². The lowest BCUT2D eigenvalue weighted by Crippen LogP contribution is -2.35. The molecule has 0 saturated carbocycles. The van der Waals surface area contributed by atoms with Crippen molar-refractivity contribution in [2.75, 3.05) is 16.3 Å². The van der Waals surface area contributed by atoms with Crippen LogP contribution in [-0.2, 0) is 16.0 Å². The van der Waals surface area contributed by atoms with Crippen LogP contribution in [0.2, 0.25) is 0 Å². The average molecular weight is 402 g/mol. The number of rotatable bonds is 3. The second-order valence-corrected chi connectivity index (χ2v) is 7.16. The summed E-state index contributed by atoms with van der Waals surface area (Å²) >= 11 is 0. The van der Waals surface area contributed by atoms with E-state index in [0.717, 1.165) is 34.7 Å². The van der Waals surface area contributed by atoms with Crippen LogP contribution >= 0.6 is 0 Å². The largest absolute Gasteiger partial charge is 0.336 e. The van der Waals surface area contributed by atoms with Crippen molar-refractivity contribution in [3.8, 4) is 0 Å². The molecule has 0 radical (unpaired) electrons. The summed E-state index contributed by atoms with van der Waals surface area (Å²) in [7, 11) is 0. The summed E-state index contributed by atoms with van der Waals surface area (Å²) < 4.78 is 27.9. The molecule has 148 valence electrons. The Morgan fingerprint density at radius 3 is 2.27 bits per heavy atom. The van der Waals surface area contributed by atoms with Gasteiger partial charge in [-0.2, -0.15) is 0 Å². The Hall–Kier alpha value is -3.80. The van der Waals surface area contributed by atoms with Gasteiger partial charge in [-0.15, -0.1) is 0 Å². The Morgan fingerprint density at radius 1 is 0.767 bits per heavy atom. The fourth-order valence-electron chi connectivity index (χ4n) is 4.09. The van der Waals surface area contributed by atoms with Crippen LogP contribution in [0.25, 0.3) is 5.57 Å². The van der Waals surface area contributed by atoms with E-state index in [-0.39, 0.29) is 17.0 Å². The van der Waals surface area contributed by atoms with Crippen molar-refractivity contribution in [3.63, 3.8) is 0 Å². The SMILES string of the molecule is O=C1C(c2ccccc2)=C(N2CCc3ccccc32)C(=O)N1c1ccc(F)cc1F. The van der Waals surface area contributed by atoms with E-state index in [2.05, 4.69) is 0 Å². The highest BCUT2D eigenvalue weighted by Crippen LogP contribution is 2.40. The minimum absolute atomic E-state index is 0.208. The monoisotopic (exact) mass is 402 g/mol. The predicted octanol–water partition coefficient (Wildman–Crippen LogP) is 4.31. The van der Waals surface area contributed by atoms with E-state index in [9.17, 15) is 18.4 Å². The molecule has 0 saturated heterocycles. The van der Waals surface area contributed by atoms with Crippen LogP contribution < -0.4 is 9.80 Å². The molecule has 0 N–H and O–H groups in total. The quantitative estimate of drug-likeness (QED) is 0.613. The third kappa shape index (κ3) is 2.72. The predicted molar refractivity (Wildman–Crippen MR) is 110 cm³/mol. The summed E-state index contributed by atoms with van der Waals surface area (Å²) in [6.45, 7) is 0.532. The number of nitrogens with zero attached hydrogens (tertiary/aromatic N) is 2. The van der Waals surface area contributed by atoms with Crippen LogP contribution in [0.1, 0.15) is 11.1 Å². The van der Waals surface area contributed by atoms with Crippen molar-refractivity contribution in [2.24, 2.45) is 0 Å². The van der Waals surface area contributed by atoms with Gasteiger partial charge in [0, 0.05) is 18.3 Å². The van der Waals surface area contributed by atoms with Gasteiger partial charge in [-0.3, -0.25) is 9.59 Å². The highest BCUT2D eigenvalue weighted by atomic mass is 19.1. The highest BCUT2D eigenvalue weighted by molar-refractivity contribution is 6.46. The number of benzene rings is 3. The highest BCUT2D eigenvalue weighted by Gasteiger charge is 2.44. The first-order valence-corrected chi connectivity index (χ1v) is 9.55. The number of anilines is 2. The molecule has 0 bridgehead atoms. The van der Waals surface area contributed by atoms with Crippen LogP contribution in [0.4, 0.5) is 20.2 Å². The zero-order valence-corrected chi connectivity index (χ0v) is 15.8. The zero-order chi connectivity index (χ0) is 20.8. The van der Waals surface area contributed by atoms with Gasteiger partial charge in [-0.05, 0) is 35.7 Å². The molecule has 0 aromatic heterocycles. The minimum atomic E-state index is -0.966. The summed E-state index contributed by atoms with van der Waals surface area (Å²) in [6.07, 6.45) is 0.730. The van der Waals surface area contributed by atoms with E-state index in [0.29, 0.717) is 18.2 Å². The van der Waals surface area contributed by atoms with Crippen molar-refractivity contribution in [1.82, 2.24) is 0 Å². The van der Waals surface area contributed by atoms with Gasteiger partial charge in [0.15, 0.2) is 0 Å². The Bertz CT molecular complexity index is 1220. The molecule has 30 heavy (non-hydrogen) atoms. The van der Waals surface area contributed by atoms with Crippen molar-refractivity contribution >= 4 is 28.8 Å². The number of amides is 2. The number of carbonyl (C=O) groups is 2. The summed E-state index contributed by atoms with van der Waals surface area (Å²) in [6, 6.07) is 19.3. The zero-order valence-electron chi connectivity index (χ0n) is 15.8. The van der Waals surface area contributed by atoms with Crippen LogP contribution in [-0.4, -0.2) is 18.4 Å². The molecular formula is C24H16F2N2O2. The lowest BCUT2D eigenvalue weighted by molar-refractivity contribution is -0.120. The molecule has 0 aliphatic carbocycles. The topological polar surface area (TPSA) is 40.6 Å². The van der Waals surface area contributed by atoms with Crippen molar-refractivity contribution < 1.29 is 18.4 Å². The van der Waals surface area contributed by atoms with Crippen LogP contribution in [0.15, 0.2) is 78.5 Å². The molecule has 2 aliphatic rings. The van der Waals surface area contributed by atoms with E-state index < -0.39 is 23.4 Å². The maximum atomic E-state index is 14.5. The third-order valence-electron chi connectivity index (χ3n) is 5.43. The van der Waals surface area contributed by atoms with E-state index >= 15 is 0 Å². The van der Waals surface area contributed by atoms with Gasteiger partial charge in [-0.1, -0.05) is 48.5 Å². The smallest absolute Gasteiger partial charge is 0.282 e. The molecule has 2 heterocycles. The maximum Gasteiger partial charge on any atom is 0.282 e. The first-order valence-electron chi connectivity index (χ1n) is 9.55. The molecule has 3 aromatic carbocycles. The number of fused-ring (bicyclic) bond motifs is 1. The molecule has 0 spiro atoms. The summed E-state index contributed by atoms with van der Waals surface area (Å²) in [5.41, 5.74) is 2.65.